The average Bonchev–Trinajstić information content (AvgIpc) is 2.93. The van der Waals surface area contributed by atoms with Crippen molar-refractivity contribution in [2.24, 2.45) is 5.41 Å². The molecule has 3 rings (SSSR count). The molecule has 18 heavy (non-hydrogen) atoms. The topological polar surface area (TPSA) is 71.3 Å². The van der Waals surface area contributed by atoms with Gasteiger partial charge in [0, 0.05) is 19.6 Å². The number of hydrogen-bond acceptors (Lipinski definition) is 5. The van der Waals surface area contributed by atoms with Gasteiger partial charge in [-0.15, -0.1) is 0 Å². The first-order chi connectivity index (χ1) is 8.70. The lowest BCUT2D eigenvalue weighted by Gasteiger charge is -2.32. The van der Waals surface area contributed by atoms with Crippen LogP contribution in [-0.4, -0.2) is 40.8 Å². The molecule has 1 spiro atoms. The van der Waals surface area contributed by atoms with Gasteiger partial charge >= 0.3 is 0 Å². The molecule has 0 radical (unpaired) electrons. The van der Waals surface area contributed by atoms with E-state index in [1.807, 2.05) is 6.92 Å². The van der Waals surface area contributed by atoms with Crippen LogP contribution in [-0.2, 0) is 11.3 Å². The molecular formula is C12H18N4O2. The molecule has 0 bridgehead atoms. The van der Waals surface area contributed by atoms with E-state index in [1.54, 1.807) is 0 Å². The lowest BCUT2D eigenvalue weighted by molar-refractivity contribution is -0.132. The molecule has 0 aliphatic carbocycles. The van der Waals surface area contributed by atoms with Gasteiger partial charge < -0.3 is 5.32 Å². The number of likely N-dealkylation sites (tertiary alicyclic amines) is 1. The summed E-state index contributed by atoms with van der Waals surface area (Å²) in [5.74, 6) is 0.228. The van der Waals surface area contributed by atoms with E-state index < -0.39 is 0 Å². The van der Waals surface area contributed by atoms with Crippen LogP contribution in [0.5, 0.6) is 0 Å². The number of aromatic nitrogens is 2. The third kappa shape index (κ3) is 1.90. The van der Waals surface area contributed by atoms with E-state index in [0.29, 0.717) is 0 Å². The molecule has 6 nitrogen and oxygen atoms in total. The van der Waals surface area contributed by atoms with Crippen molar-refractivity contribution < 1.29 is 9.42 Å². The smallest absolute Gasteiger partial charge is 0.227 e. The van der Waals surface area contributed by atoms with Crippen LogP contribution in [0.2, 0.25) is 0 Å². The summed E-state index contributed by atoms with van der Waals surface area (Å²) in [5, 5.41) is 10.7. The number of amides is 1. The summed E-state index contributed by atoms with van der Waals surface area (Å²) in [6.07, 6.45) is 3.04. The maximum absolute atomic E-state index is 12.0. The predicted octanol–water partition coefficient (Wildman–Crippen LogP) is 0.480. The lowest BCUT2D eigenvalue weighted by atomic mass is 9.79. The largest absolute Gasteiger partial charge is 0.356 e. The van der Waals surface area contributed by atoms with Crippen LogP contribution < -0.4 is 5.32 Å². The Bertz CT molecular complexity index is 459. The van der Waals surface area contributed by atoms with Crippen molar-refractivity contribution in [1.82, 2.24) is 20.5 Å². The van der Waals surface area contributed by atoms with Crippen LogP contribution in [0.3, 0.4) is 0 Å². The van der Waals surface area contributed by atoms with Crippen LogP contribution in [0.4, 0.5) is 0 Å². The molecule has 2 aliphatic heterocycles. The Morgan fingerprint density at radius 3 is 3.06 bits per heavy atom. The lowest BCUT2D eigenvalue weighted by Crippen LogP contribution is -2.47. The van der Waals surface area contributed by atoms with Crippen LogP contribution in [0, 0.1) is 12.3 Å². The van der Waals surface area contributed by atoms with Crippen molar-refractivity contribution >= 4 is 5.91 Å². The molecule has 6 heteroatoms. The Labute approximate surface area is 106 Å². The summed E-state index contributed by atoms with van der Waals surface area (Å²) in [6, 6.07) is 0. The Morgan fingerprint density at radius 2 is 2.33 bits per heavy atom. The minimum absolute atomic E-state index is 0.163. The number of carbonyl (C=O) groups excluding carboxylic acids is 1. The van der Waals surface area contributed by atoms with Gasteiger partial charge in [0.05, 0.1) is 5.41 Å². The van der Waals surface area contributed by atoms with Gasteiger partial charge in [0.1, 0.15) is 11.4 Å². The fourth-order valence-electron chi connectivity index (χ4n) is 3.02. The zero-order chi connectivity index (χ0) is 12.6. The Morgan fingerprint density at radius 1 is 1.44 bits per heavy atom. The van der Waals surface area contributed by atoms with Gasteiger partial charge in [-0.2, -0.15) is 0 Å². The van der Waals surface area contributed by atoms with Crippen molar-refractivity contribution in [3.05, 3.63) is 11.4 Å². The number of nitrogens with zero attached hydrogens (tertiary/aromatic N) is 3. The van der Waals surface area contributed by atoms with Crippen LogP contribution >= 0.6 is 0 Å². The third-order valence-corrected chi connectivity index (χ3v) is 4.15. The highest BCUT2D eigenvalue weighted by Gasteiger charge is 2.45. The predicted molar refractivity (Wildman–Crippen MR) is 63.6 cm³/mol. The van der Waals surface area contributed by atoms with E-state index in [-0.39, 0.29) is 11.3 Å². The Hall–Kier alpha value is -1.43. The van der Waals surface area contributed by atoms with Crippen LogP contribution in [0.25, 0.3) is 0 Å². The first-order valence-electron chi connectivity index (χ1n) is 6.48. The van der Waals surface area contributed by atoms with Gasteiger partial charge in [-0.3, -0.25) is 9.69 Å². The number of aryl methyl sites for hydroxylation is 1. The van der Waals surface area contributed by atoms with Gasteiger partial charge in [-0.1, -0.05) is 10.3 Å². The monoisotopic (exact) mass is 250 g/mol. The first-order valence-corrected chi connectivity index (χ1v) is 6.48. The van der Waals surface area contributed by atoms with Gasteiger partial charge in [0.25, 0.3) is 0 Å². The molecule has 1 atom stereocenters. The number of nitrogens with one attached hydrogen (secondary N) is 1. The highest BCUT2D eigenvalue weighted by molar-refractivity contribution is 5.83. The van der Waals surface area contributed by atoms with Crippen molar-refractivity contribution in [2.45, 2.75) is 32.7 Å². The SMILES string of the molecule is Cc1nonc1CN1CCC2(CCCNC2=O)C1. The van der Waals surface area contributed by atoms with E-state index >= 15 is 0 Å². The summed E-state index contributed by atoms with van der Waals surface area (Å²) >= 11 is 0. The summed E-state index contributed by atoms with van der Waals surface area (Å²) in [5.41, 5.74) is 1.55. The second kappa shape index (κ2) is 4.35. The maximum atomic E-state index is 12.0. The summed E-state index contributed by atoms with van der Waals surface area (Å²) in [7, 11) is 0. The second-order valence-electron chi connectivity index (χ2n) is 5.40. The Balaban J connectivity index is 1.68. The van der Waals surface area contributed by atoms with Crippen LogP contribution in [0.1, 0.15) is 30.7 Å². The fraction of sp³-hybridized carbons (Fsp3) is 0.750. The molecule has 3 heterocycles. The molecule has 2 fully saturated rings. The first kappa shape index (κ1) is 11.6. The molecular weight excluding hydrogens is 232 g/mol. The van der Waals surface area contributed by atoms with Gasteiger partial charge in [0.2, 0.25) is 5.91 Å². The van der Waals surface area contributed by atoms with Gasteiger partial charge in [-0.05, 0) is 32.7 Å². The van der Waals surface area contributed by atoms with Crippen molar-refractivity contribution in [2.75, 3.05) is 19.6 Å². The number of carbonyl (C=O) groups is 1. The van der Waals surface area contributed by atoms with Crippen molar-refractivity contribution in [1.29, 1.82) is 0 Å². The third-order valence-electron chi connectivity index (χ3n) is 4.15. The summed E-state index contributed by atoms with van der Waals surface area (Å²) in [4.78, 5) is 14.3. The van der Waals surface area contributed by atoms with E-state index in [1.165, 1.54) is 0 Å². The quantitative estimate of drug-likeness (QED) is 0.826. The van der Waals surface area contributed by atoms with Crippen LogP contribution in [0.15, 0.2) is 4.63 Å². The molecule has 1 amide bonds. The molecule has 1 unspecified atom stereocenters. The molecule has 0 saturated carbocycles. The van der Waals surface area contributed by atoms with Gasteiger partial charge in [-0.25, -0.2) is 4.63 Å². The number of piperidine rings is 1. The maximum Gasteiger partial charge on any atom is 0.227 e. The zero-order valence-electron chi connectivity index (χ0n) is 10.6. The average molecular weight is 250 g/mol. The summed E-state index contributed by atoms with van der Waals surface area (Å²) in [6.45, 7) is 5.22. The molecule has 2 saturated heterocycles. The van der Waals surface area contributed by atoms with E-state index in [4.69, 9.17) is 4.63 Å². The van der Waals surface area contributed by atoms with E-state index in [9.17, 15) is 4.79 Å². The zero-order valence-corrected chi connectivity index (χ0v) is 10.6. The van der Waals surface area contributed by atoms with Crippen molar-refractivity contribution in [3.63, 3.8) is 0 Å². The fourth-order valence-corrected chi connectivity index (χ4v) is 3.02. The molecule has 1 N–H and O–H groups in total. The normalized spacial score (nSPS) is 28.8. The molecule has 1 aromatic heterocycles. The van der Waals surface area contributed by atoms with Gasteiger partial charge in [0.15, 0.2) is 0 Å². The second-order valence-corrected chi connectivity index (χ2v) is 5.40. The number of hydrogen-bond donors (Lipinski definition) is 1. The minimum Gasteiger partial charge on any atom is -0.356 e. The van der Waals surface area contributed by atoms with E-state index in [2.05, 4.69) is 20.5 Å². The number of rotatable bonds is 2. The standard InChI is InChI=1S/C12H18N4O2/c1-9-10(15-18-14-9)7-16-6-4-12(8-16)3-2-5-13-11(12)17/h2-8H2,1H3,(H,13,17). The van der Waals surface area contributed by atoms with Crippen molar-refractivity contribution in [3.8, 4) is 0 Å². The highest BCUT2D eigenvalue weighted by atomic mass is 16.6. The molecule has 2 aliphatic rings. The molecule has 98 valence electrons. The minimum atomic E-state index is -0.163. The molecule has 1 aromatic rings. The van der Waals surface area contributed by atoms with E-state index in [0.717, 1.165) is 56.8 Å². The summed E-state index contributed by atoms with van der Waals surface area (Å²) < 4.78 is 4.71. The Kier molecular flexibility index (Phi) is 2.81. The molecule has 0 aromatic carbocycles. The highest BCUT2D eigenvalue weighted by Crippen LogP contribution is 2.37.